The molecule has 3 N–H and O–H groups in total. The van der Waals surface area contributed by atoms with E-state index in [9.17, 15) is 9.59 Å². The monoisotopic (exact) mass is 593 g/mol. The van der Waals surface area contributed by atoms with Crippen molar-refractivity contribution in [1.82, 2.24) is 24.7 Å². The highest BCUT2D eigenvalue weighted by molar-refractivity contribution is 6.40. The number of nitrogens with one attached hydrogen (secondary N) is 3. The lowest BCUT2D eigenvalue weighted by molar-refractivity contribution is 0.262. The fraction of sp³-hybridized carbons (Fsp3) is 0.179. The zero-order valence-corrected chi connectivity index (χ0v) is 23.2. The predicted octanol–water partition coefficient (Wildman–Crippen LogP) is 6.97. The molecular weight excluding hydrogens is 573 g/mol. The van der Waals surface area contributed by atoms with Crippen LogP contribution in [0.2, 0.25) is 15.1 Å². The van der Waals surface area contributed by atoms with Gasteiger partial charge in [0.15, 0.2) is 5.65 Å². The molecule has 0 bridgehead atoms. The van der Waals surface area contributed by atoms with Crippen LogP contribution in [0.4, 0.5) is 16.3 Å². The number of rotatable bonds is 6. The van der Waals surface area contributed by atoms with Crippen LogP contribution in [0.5, 0.6) is 0 Å². The van der Waals surface area contributed by atoms with E-state index in [-0.39, 0.29) is 11.5 Å². The number of amides is 2. The number of urea groups is 1. The highest BCUT2D eigenvalue weighted by Gasteiger charge is 2.29. The molecule has 0 radical (unpaired) electrons. The molecule has 0 spiro atoms. The minimum Gasteiger partial charge on any atom is -0.310 e. The number of benzene rings is 2. The van der Waals surface area contributed by atoms with E-state index in [1.807, 2.05) is 12.1 Å². The highest BCUT2D eigenvalue weighted by Crippen LogP contribution is 2.40. The molecule has 3 aromatic heterocycles. The summed E-state index contributed by atoms with van der Waals surface area (Å²) in [6.07, 6.45) is 4.93. The number of aromatic nitrogens is 5. The number of carbonyl (C=O) groups is 1. The predicted molar refractivity (Wildman–Crippen MR) is 157 cm³/mol. The molecule has 202 valence electrons. The van der Waals surface area contributed by atoms with Gasteiger partial charge in [-0.2, -0.15) is 5.10 Å². The number of halogens is 3. The third kappa shape index (κ3) is 5.28. The Balaban J connectivity index is 1.30. The largest absolute Gasteiger partial charge is 0.324 e. The number of fused-ring (bicyclic) bond motifs is 1. The van der Waals surface area contributed by atoms with Gasteiger partial charge in [0.05, 0.1) is 15.7 Å². The Kier molecular flexibility index (Phi) is 7.18. The minimum absolute atomic E-state index is 0.178. The Morgan fingerprint density at radius 1 is 1.02 bits per heavy atom. The van der Waals surface area contributed by atoms with E-state index in [0.29, 0.717) is 61.2 Å². The quantitative estimate of drug-likeness (QED) is 0.196. The maximum atomic E-state index is 13.4. The summed E-state index contributed by atoms with van der Waals surface area (Å²) in [4.78, 5) is 37.4. The maximum Gasteiger partial charge on any atom is 0.324 e. The first-order chi connectivity index (χ1) is 19.4. The molecule has 6 rings (SSSR count). The van der Waals surface area contributed by atoms with E-state index >= 15 is 0 Å². The van der Waals surface area contributed by atoms with Gasteiger partial charge >= 0.3 is 6.03 Å². The smallest absolute Gasteiger partial charge is 0.310 e. The number of anilines is 2. The summed E-state index contributed by atoms with van der Waals surface area (Å²) in [5.41, 5.74) is 2.72. The lowest BCUT2D eigenvalue weighted by atomic mass is 9.82. The molecule has 12 heteroatoms. The second-order valence-corrected chi connectivity index (χ2v) is 10.8. The summed E-state index contributed by atoms with van der Waals surface area (Å²) in [5, 5.41) is 11.7. The standard InChI is InChI=1S/C28H22Cl3N7O2/c29-17-13-19(30)25(20(31)14-17)38-26-23(24(37-38)16-4-3-5-16)27(39)35-22(34-26)12-15-7-9-18(10-8-15)33-28(40)36-21-6-1-2-11-32-21/h1-2,6-11,13-14,16H,3-5,12H2,(H,34,35,39)(H2,32,33,36,40). The molecule has 2 aromatic carbocycles. The number of H-pyrrole nitrogens is 1. The van der Waals surface area contributed by atoms with Gasteiger partial charge in [-0.15, -0.1) is 0 Å². The van der Waals surface area contributed by atoms with E-state index in [1.54, 1.807) is 53.3 Å². The second kappa shape index (κ2) is 10.9. The number of hydrogen-bond donors (Lipinski definition) is 3. The van der Waals surface area contributed by atoms with E-state index in [1.165, 1.54) is 0 Å². The molecule has 3 heterocycles. The molecule has 0 atom stereocenters. The highest BCUT2D eigenvalue weighted by atomic mass is 35.5. The van der Waals surface area contributed by atoms with Crippen molar-refractivity contribution in [2.24, 2.45) is 0 Å². The van der Waals surface area contributed by atoms with Crippen molar-refractivity contribution < 1.29 is 4.79 Å². The first kappa shape index (κ1) is 26.3. The molecule has 0 aliphatic heterocycles. The molecular formula is C28H22Cl3N7O2. The normalized spacial score (nSPS) is 13.3. The molecule has 2 amide bonds. The van der Waals surface area contributed by atoms with Crippen LogP contribution >= 0.6 is 34.8 Å². The fourth-order valence-electron chi connectivity index (χ4n) is 4.65. The molecule has 1 fully saturated rings. The van der Waals surface area contributed by atoms with Crippen molar-refractivity contribution in [2.45, 2.75) is 31.6 Å². The van der Waals surface area contributed by atoms with Gasteiger partial charge in [-0.3, -0.25) is 10.1 Å². The van der Waals surface area contributed by atoms with Gasteiger partial charge in [-0.25, -0.2) is 19.4 Å². The maximum absolute atomic E-state index is 13.4. The Hall–Kier alpha value is -3.92. The number of nitrogens with zero attached hydrogens (tertiary/aromatic N) is 4. The molecule has 1 aliphatic rings. The average molecular weight is 595 g/mol. The van der Waals surface area contributed by atoms with Gasteiger partial charge < -0.3 is 10.3 Å². The van der Waals surface area contributed by atoms with Crippen LogP contribution in [-0.4, -0.2) is 30.8 Å². The first-order valence-electron chi connectivity index (χ1n) is 12.6. The van der Waals surface area contributed by atoms with Crippen molar-refractivity contribution in [3.63, 3.8) is 0 Å². The van der Waals surface area contributed by atoms with Crippen LogP contribution in [0, 0.1) is 0 Å². The Bertz CT molecular complexity index is 1760. The van der Waals surface area contributed by atoms with E-state index in [4.69, 9.17) is 44.9 Å². The van der Waals surface area contributed by atoms with E-state index in [2.05, 4.69) is 20.6 Å². The SMILES string of the molecule is O=C(Nc1ccc(Cc2nc3c(c(C4CCC4)nn3-c3c(Cl)cc(Cl)cc3Cl)c(=O)[nH]2)cc1)Nc1ccccn1. The van der Waals surface area contributed by atoms with Crippen molar-refractivity contribution >= 4 is 63.4 Å². The molecule has 9 nitrogen and oxygen atoms in total. The minimum atomic E-state index is -0.405. The Morgan fingerprint density at radius 2 is 1.77 bits per heavy atom. The van der Waals surface area contributed by atoms with Crippen molar-refractivity contribution in [3.8, 4) is 5.69 Å². The van der Waals surface area contributed by atoms with E-state index < -0.39 is 6.03 Å². The Labute approximate surface area is 243 Å². The number of carbonyl (C=O) groups excluding carboxylic acids is 1. The first-order valence-corrected chi connectivity index (χ1v) is 13.7. The van der Waals surface area contributed by atoms with Crippen LogP contribution in [0.25, 0.3) is 16.7 Å². The van der Waals surface area contributed by atoms with Gasteiger partial charge in [0, 0.05) is 29.2 Å². The zero-order valence-electron chi connectivity index (χ0n) is 20.9. The molecule has 1 saturated carbocycles. The topological polar surface area (TPSA) is 118 Å². The van der Waals surface area contributed by atoms with Gasteiger partial charge in [-0.1, -0.05) is 59.4 Å². The lowest BCUT2D eigenvalue weighted by Gasteiger charge is -2.23. The van der Waals surface area contributed by atoms with Crippen LogP contribution in [0.15, 0.2) is 65.6 Å². The molecule has 40 heavy (non-hydrogen) atoms. The third-order valence-corrected chi connectivity index (χ3v) is 7.58. The summed E-state index contributed by atoms with van der Waals surface area (Å²) in [5.74, 6) is 1.08. The van der Waals surface area contributed by atoms with Crippen molar-refractivity contribution in [3.05, 3.63) is 103 Å². The summed E-state index contributed by atoms with van der Waals surface area (Å²) >= 11 is 19.2. The Morgan fingerprint density at radius 3 is 2.42 bits per heavy atom. The van der Waals surface area contributed by atoms with Gasteiger partial charge in [0.1, 0.15) is 22.7 Å². The second-order valence-electron chi connectivity index (χ2n) is 9.52. The van der Waals surface area contributed by atoms with Crippen LogP contribution in [0.1, 0.15) is 42.3 Å². The van der Waals surface area contributed by atoms with Crippen molar-refractivity contribution in [2.75, 3.05) is 10.6 Å². The van der Waals surface area contributed by atoms with Gasteiger partial charge in [0.2, 0.25) is 0 Å². The van der Waals surface area contributed by atoms with Crippen molar-refractivity contribution in [1.29, 1.82) is 0 Å². The van der Waals surface area contributed by atoms with Gasteiger partial charge in [0.25, 0.3) is 5.56 Å². The van der Waals surface area contributed by atoms with Gasteiger partial charge in [-0.05, 0) is 54.8 Å². The fourth-order valence-corrected chi connectivity index (χ4v) is 5.63. The van der Waals surface area contributed by atoms with Crippen LogP contribution in [-0.2, 0) is 6.42 Å². The zero-order chi connectivity index (χ0) is 27.8. The van der Waals surface area contributed by atoms with E-state index in [0.717, 1.165) is 24.8 Å². The lowest BCUT2D eigenvalue weighted by Crippen LogP contribution is -2.20. The van der Waals surface area contributed by atoms with Crippen LogP contribution < -0.4 is 16.2 Å². The van der Waals surface area contributed by atoms with Crippen LogP contribution in [0.3, 0.4) is 0 Å². The summed E-state index contributed by atoms with van der Waals surface area (Å²) in [6, 6.07) is 15.3. The number of pyridine rings is 1. The molecule has 5 aromatic rings. The molecule has 0 saturated heterocycles. The number of hydrogen-bond acceptors (Lipinski definition) is 5. The third-order valence-electron chi connectivity index (χ3n) is 6.79. The summed E-state index contributed by atoms with van der Waals surface area (Å²) in [6.45, 7) is 0. The molecule has 0 unspecified atom stereocenters. The average Bonchev–Trinajstić information content (AvgIpc) is 3.23. The summed E-state index contributed by atoms with van der Waals surface area (Å²) < 4.78 is 1.55. The summed E-state index contributed by atoms with van der Waals surface area (Å²) in [7, 11) is 0. The molecule has 1 aliphatic carbocycles. The number of aromatic amines is 1.